The lowest BCUT2D eigenvalue weighted by atomic mass is 9.82. The normalized spacial score (nSPS) is 26.1. The number of ether oxygens (including phenoxy) is 1. The molecule has 4 heteroatoms. The maximum atomic E-state index is 11.9. The molecule has 1 saturated carbocycles. The summed E-state index contributed by atoms with van der Waals surface area (Å²) in [5, 5.41) is 3.73. The maximum absolute atomic E-state index is 11.9. The van der Waals surface area contributed by atoms with Crippen molar-refractivity contribution < 1.29 is 9.53 Å². The lowest BCUT2D eigenvalue weighted by Gasteiger charge is -2.31. The van der Waals surface area contributed by atoms with Gasteiger partial charge in [-0.3, -0.25) is 4.79 Å². The molecule has 0 aliphatic heterocycles. The summed E-state index contributed by atoms with van der Waals surface area (Å²) in [6.45, 7) is 4.64. The van der Waals surface area contributed by atoms with E-state index in [0.29, 0.717) is 16.9 Å². The molecule has 20 heavy (non-hydrogen) atoms. The van der Waals surface area contributed by atoms with Crippen LogP contribution in [-0.2, 0) is 9.53 Å². The van der Waals surface area contributed by atoms with Gasteiger partial charge >= 0.3 is 5.97 Å². The molecule has 1 aromatic rings. The summed E-state index contributed by atoms with van der Waals surface area (Å²) in [5.41, 5.74) is 0.872. The fraction of sp³-hybridized carbons (Fsp3) is 0.562. The van der Waals surface area contributed by atoms with Gasteiger partial charge < -0.3 is 10.1 Å². The molecule has 0 saturated heterocycles. The number of rotatable bonds is 4. The zero-order valence-electron chi connectivity index (χ0n) is 12.1. The number of halogens is 1. The monoisotopic (exact) mass is 295 g/mol. The van der Waals surface area contributed by atoms with E-state index in [-0.39, 0.29) is 18.6 Å². The number of nitrogens with one attached hydrogen (secondary N) is 1. The second-order valence-electron chi connectivity index (χ2n) is 5.89. The lowest BCUT2D eigenvalue weighted by molar-refractivity contribution is -0.149. The van der Waals surface area contributed by atoms with E-state index in [1.54, 1.807) is 12.1 Å². The highest BCUT2D eigenvalue weighted by Gasteiger charge is 2.26. The Bertz CT molecular complexity index is 436. The quantitative estimate of drug-likeness (QED) is 0.849. The highest BCUT2D eigenvalue weighted by molar-refractivity contribution is 6.30. The molecule has 2 rings (SSSR count). The first-order valence-corrected chi connectivity index (χ1v) is 7.59. The number of hydrogen-bond acceptors (Lipinski definition) is 3. The summed E-state index contributed by atoms with van der Waals surface area (Å²) in [7, 11) is 0. The van der Waals surface area contributed by atoms with Crippen LogP contribution in [0.15, 0.2) is 24.3 Å². The topological polar surface area (TPSA) is 38.3 Å². The van der Waals surface area contributed by atoms with E-state index in [1.165, 1.54) is 6.42 Å². The van der Waals surface area contributed by atoms with Gasteiger partial charge in [0, 0.05) is 10.7 Å². The molecule has 1 fully saturated rings. The molecule has 1 N–H and O–H groups in total. The van der Waals surface area contributed by atoms with Crippen molar-refractivity contribution >= 4 is 23.3 Å². The number of benzene rings is 1. The van der Waals surface area contributed by atoms with Gasteiger partial charge in [-0.2, -0.15) is 0 Å². The molecule has 0 aromatic heterocycles. The smallest absolute Gasteiger partial charge is 0.325 e. The van der Waals surface area contributed by atoms with Gasteiger partial charge in [0.2, 0.25) is 0 Å². The number of hydrogen-bond donors (Lipinski definition) is 1. The van der Waals surface area contributed by atoms with Crippen LogP contribution in [-0.4, -0.2) is 18.6 Å². The van der Waals surface area contributed by atoms with Gasteiger partial charge in [-0.25, -0.2) is 0 Å². The molecule has 1 aliphatic rings. The summed E-state index contributed by atoms with van der Waals surface area (Å²) >= 11 is 5.81. The summed E-state index contributed by atoms with van der Waals surface area (Å²) in [4.78, 5) is 11.9. The Morgan fingerprint density at radius 3 is 2.40 bits per heavy atom. The van der Waals surface area contributed by atoms with Crippen molar-refractivity contribution in [2.75, 3.05) is 11.9 Å². The Kier molecular flexibility index (Phi) is 5.30. The average molecular weight is 296 g/mol. The molecule has 0 spiro atoms. The fourth-order valence-corrected chi connectivity index (χ4v) is 3.06. The summed E-state index contributed by atoms with van der Waals surface area (Å²) < 4.78 is 5.55. The molecular weight excluding hydrogens is 274 g/mol. The third kappa shape index (κ3) is 4.71. The molecule has 0 heterocycles. The third-order valence-corrected chi connectivity index (χ3v) is 3.97. The van der Waals surface area contributed by atoms with E-state index in [1.807, 2.05) is 12.1 Å². The molecule has 2 atom stereocenters. The Labute approximate surface area is 125 Å². The van der Waals surface area contributed by atoms with Crippen molar-refractivity contribution in [1.82, 2.24) is 0 Å². The van der Waals surface area contributed by atoms with Crippen molar-refractivity contribution in [3.63, 3.8) is 0 Å². The lowest BCUT2D eigenvalue weighted by Crippen LogP contribution is -2.30. The first-order chi connectivity index (χ1) is 9.52. The van der Waals surface area contributed by atoms with Crippen LogP contribution in [0, 0.1) is 11.8 Å². The molecule has 2 unspecified atom stereocenters. The van der Waals surface area contributed by atoms with Crippen molar-refractivity contribution in [1.29, 1.82) is 0 Å². The SMILES string of the molecule is CC1CC(C)CC(OC(=O)CNc2ccc(Cl)cc2)C1. The zero-order chi connectivity index (χ0) is 14.5. The highest BCUT2D eigenvalue weighted by atomic mass is 35.5. The summed E-state index contributed by atoms with van der Waals surface area (Å²) in [6, 6.07) is 7.28. The third-order valence-electron chi connectivity index (χ3n) is 3.71. The number of anilines is 1. The van der Waals surface area contributed by atoms with Gasteiger partial charge in [-0.15, -0.1) is 0 Å². The molecule has 0 bridgehead atoms. The van der Waals surface area contributed by atoms with E-state index in [0.717, 1.165) is 18.5 Å². The molecule has 3 nitrogen and oxygen atoms in total. The first kappa shape index (κ1) is 15.2. The Morgan fingerprint density at radius 2 is 1.80 bits per heavy atom. The second kappa shape index (κ2) is 6.98. The van der Waals surface area contributed by atoms with E-state index < -0.39 is 0 Å². The predicted octanol–water partition coefficient (Wildman–Crippen LogP) is 4.12. The molecule has 1 aromatic carbocycles. The van der Waals surface area contributed by atoms with Crippen LogP contribution in [0.3, 0.4) is 0 Å². The highest BCUT2D eigenvalue weighted by Crippen LogP contribution is 2.30. The van der Waals surface area contributed by atoms with Crippen LogP contribution in [0.1, 0.15) is 33.1 Å². The molecule has 0 radical (unpaired) electrons. The number of carbonyl (C=O) groups excluding carboxylic acids is 1. The summed E-state index contributed by atoms with van der Waals surface area (Å²) in [5.74, 6) is 1.09. The van der Waals surface area contributed by atoms with Gasteiger partial charge in [-0.1, -0.05) is 25.4 Å². The molecule has 1 aliphatic carbocycles. The van der Waals surface area contributed by atoms with Crippen LogP contribution >= 0.6 is 11.6 Å². The van der Waals surface area contributed by atoms with E-state index >= 15 is 0 Å². The van der Waals surface area contributed by atoms with Gasteiger partial charge in [0.05, 0.1) is 0 Å². The first-order valence-electron chi connectivity index (χ1n) is 7.22. The number of esters is 1. The van der Waals surface area contributed by atoms with Gasteiger partial charge in [0.1, 0.15) is 12.6 Å². The van der Waals surface area contributed by atoms with Crippen molar-refractivity contribution in [2.45, 2.75) is 39.2 Å². The van der Waals surface area contributed by atoms with Crippen LogP contribution < -0.4 is 5.32 Å². The number of carbonyl (C=O) groups is 1. The van der Waals surface area contributed by atoms with Gasteiger partial charge in [0.15, 0.2) is 0 Å². The van der Waals surface area contributed by atoms with Gasteiger partial charge in [0.25, 0.3) is 0 Å². The fourth-order valence-electron chi connectivity index (χ4n) is 2.94. The molecular formula is C16H22ClNO2. The predicted molar refractivity (Wildman–Crippen MR) is 82.0 cm³/mol. The Hall–Kier alpha value is -1.22. The van der Waals surface area contributed by atoms with Crippen LogP contribution in [0.2, 0.25) is 5.02 Å². The van der Waals surface area contributed by atoms with Crippen LogP contribution in [0.5, 0.6) is 0 Å². The second-order valence-corrected chi connectivity index (χ2v) is 6.33. The van der Waals surface area contributed by atoms with Crippen molar-refractivity contribution in [3.8, 4) is 0 Å². The Balaban J connectivity index is 1.76. The largest absolute Gasteiger partial charge is 0.461 e. The van der Waals surface area contributed by atoms with Crippen molar-refractivity contribution in [2.24, 2.45) is 11.8 Å². The van der Waals surface area contributed by atoms with Crippen LogP contribution in [0.4, 0.5) is 5.69 Å². The average Bonchev–Trinajstić information content (AvgIpc) is 2.37. The maximum Gasteiger partial charge on any atom is 0.325 e. The zero-order valence-corrected chi connectivity index (χ0v) is 12.8. The molecule has 0 amide bonds. The van der Waals surface area contributed by atoms with E-state index in [2.05, 4.69) is 19.2 Å². The van der Waals surface area contributed by atoms with Crippen molar-refractivity contribution in [3.05, 3.63) is 29.3 Å². The minimum Gasteiger partial charge on any atom is -0.461 e. The Morgan fingerprint density at radius 1 is 1.20 bits per heavy atom. The summed E-state index contributed by atoms with van der Waals surface area (Å²) in [6.07, 6.45) is 3.28. The van der Waals surface area contributed by atoms with Gasteiger partial charge in [-0.05, 0) is 55.4 Å². The van der Waals surface area contributed by atoms with E-state index in [9.17, 15) is 4.79 Å². The van der Waals surface area contributed by atoms with Crippen LogP contribution in [0.25, 0.3) is 0 Å². The van der Waals surface area contributed by atoms with E-state index in [4.69, 9.17) is 16.3 Å². The minimum atomic E-state index is -0.189. The molecule has 110 valence electrons. The standard InChI is InChI=1S/C16H22ClNO2/c1-11-7-12(2)9-15(8-11)20-16(19)10-18-14-5-3-13(17)4-6-14/h3-6,11-12,15,18H,7-10H2,1-2H3. The minimum absolute atomic E-state index is 0.0771.